The summed E-state index contributed by atoms with van der Waals surface area (Å²) in [5.41, 5.74) is 5.24. The van der Waals surface area contributed by atoms with Gasteiger partial charge in [-0.2, -0.15) is 5.10 Å². The molecule has 0 saturated heterocycles. The normalized spacial score (nSPS) is 14.8. The molecular weight excluding hydrogens is 166 g/mol. The van der Waals surface area contributed by atoms with Crippen LogP contribution in [0.5, 0.6) is 0 Å². The third kappa shape index (κ3) is 1.58. The molecule has 1 rings (SSSR count). The van der Waals surface area contributed by atoms with E-state index < -0.39 is 12.0 Å². The van der Waals surface area contributed by atoms with Crippen molar-refractivity contribution in [1.29, 1.82) is 0 Å². The number of hydrogen-bond donors (Lipinski definition) is 1. The van der Waals surface area contributed by atoms with Crippen LogP contribution in [0.3, 0.4) is 0 Å². The quantitative estimate of drug-likeness (QED) is 0.712. The Labute approximate surface area is 68.4 Å². The van der Waals surface area contributed by atoms with Crippen molar-refractivity contribution in [3.63, 3.8) is 0 Å². The topological polar surface area (TPSA) is 56.7 Å². The van der Waals surface area contributed by atoms with Crippen LogP contribution in [0.25, 0.3) is 0 Å². The number of rotatable bonds is 2. The molecule has 0 saturated carbocycles. The van der Waals surface area contributed by atoms with Crippen LogP contribution < -0.4 is 5.73 Å². The van der Waals surface area contributed by atoms with Gasteiger partial charge in [-0.05, 0) is 0 Å². The lowest BCUT2D eigenvalue weighted by atomic mass is 10.2. The van der Waals surface area contributed by atoms with Crippen LogP contribution in [0, 0.1) is 0 Å². The SMILES string of the molecule is Cn1ncnc1C(N)C(C)(F)F. The average molecular weight is 176 g/mol. The molecule has 1 atom stereocenters. The largest absolute Gasteiger partial charge is 0.316 e. The zero-order valence-corrected chi connectivity index (χ0v) is 6.83. The lowest BCUT2D eigenvalue weighted by molar-refractivity contribution is -0.00987. The second-order valence-corrected chi connectivity index (χ2v) is 2.68. The van der Waals surface area contributed by atoms with Crippen molar-refractivity contribution in [2.45, 2.75) is 18.9 Å². The van der Waals surface area contributed by atoms with Gasteiger partial charge in [0.15, 0.2) is 0 Å². The molecular formula is C6H10F2N4. The summed E-state index contributed by atoms with van der Waals surface area (Å²) >= 11 is 0. The summed E-state index contributed by atoms with van der Waals surface area (Å²) in [6, 6.07) is -1.40. The van der Waals surface area contributed by atoms with Crippen LogP contribution in [0.15, 0.2) is 6.33 Å². The Morgan fingerprint density at radius 3 is 2.58 bits per heavy atom. The monoisotopic (exact) mass is 176 g/mol. The minimum Gasteiger partial charge on any atom is -0.316 e. The smallest absolute Gasteiger partial charge is 0.267 e. The highest BCUT2D eigenvalue weighted by Crippen LogP contribution is 2.26. The number of nitrogens with zero attached hydrogens (tertiary/aromatic N) is 3. The van der Waals surface area contributed by atoms with Crippen LogP contribution in [-0.2, 0) is 7.05 Å². The van der Waals surface area contributed by atoms with E-state index in [0.29, 0.717) is 0 Å². The van der Waals surface area contributed by atoms with Crippen molar-refractivity contribution < 1.29 is 8.78 Å². The first kappa shape index (κ1) is 9.05. The molecule has 0 aliphatic rings. The highest BCUT2D eigenvalue weighted by atomic mass is 19.3. The molecule has 0 aliphatic heterocycles. The summed E-state index contributed by atoms with van der Waals surface area (Å²) < 4.78 is 26.5. The molecule has 6 heteroatoms. The number of alkyl halides is 2. The van der Waals surface area contributed by atoms with Gasteiger partial charge in [0.1, 0.15) is 18.2 Å². The average Bonchev–Trinajstić information content (AvgIpc) is 2.31. The molecule has 0 spiro atoms. The maximum atomic E-state index is 12.7. The Kier molecular flexibility index (Phi) is 2.10. The predicted octanol–water partition coefficient (Wildman–Crippen LogP) is 0.470. The molecule has 1 unspecified atom stereocenters. The second-order valence-electron chi connectivity index (χ2n) is 2.68. The molecule has 0 radical (unpaired) electrons. The highest BCUT2D eigenvalue weighted by molar-refractivity contribution is 4.97. The van der Waals surface area contributed by atoms with Crippen molar-refractivity contribution in [2.24, 2.45) is 12.8 Å². The number of aromatic nitrogens is 3. The summed E-state index contributed by atoms with van der Waals surface area (Å²) in [6.07, 6.45) is 1.20. The van der Waals surface area contributed by atoms with E-state index in [1.54, 1.807) is 0 Å². The molecule has 12 heavy (non-hydrogen) atoms. The molecule has 0 bridgehead atoms. The number of aryl methyl sites for hydroxylation is 1. The summed E-state index contributed by atoms with van der Waals surface area (Å²) in [5, 5.41) is 3.64. The maximum absolute atomic E-state index is 12.7. The Balaban J connectivity index is 2.92. The third-order valence-corrected chi connectivity index (χ3v) is 1.57. The zero-order chi connectivity index (χ0) is 9.35. The van der Waals surface area contributed by atoms with Crippen molar-refractivity contribution in [1.82, 2.24) is 14.8 Å². The van der Waals surface area contributed by atoms with Gasteiger partial charge in [0.05, 0.1) is 0 Å². The molecule has 68 valence electrons. The van der Waals surface area contributed by atoms with E-state index in [1.807, 2.05) is 0 Å². The van der Waals surface area contributed by atoms with E-state index in [1.165, 1.54) is 18.1 Å². The van der Waals surface area contributed by atoms with Crippen LogP contribution in [0.4, 0.5) is 8.78 Å². The molecule has 1 heterocycles. The predicted molar refractivity (Wildman–Crippen MR) is 38.6 cm³/mol. The molecule has 1 aromatic heterocycles. The van der Waals surface area contributed by atoms with Gasteiger partial charge in [-0.3, -0.25) is 4.68 Å². The van der Waals surface area contributed by atoms with Gasteiger partial charge in [0, 0.05) is 14.0 Å². The first-order valence-electron chi connectivity index (χ1n) is 3.40. The van der Waals surface area contributed by atoms with Gasteiger partial charge in [-0.1, -0.05) is 0 Å². The standard InChI is InChI=1S/C6H10F2N4/c1-6(7,8)4(9)5-10-3-11-12(5)2/h3-4H,9H2,1-2H3. The molecule has 2 N–H and O–H groups in total. The van der Waals surface area contributed by atoms with Gasteiger partial charge >= 0.3 is 0 Å². The van der Waals surface area contributed by atoms with E-state index in [0.717, 1.165) is 6.92 Å². The Hall–Kier alpha value is -1.04. The fourth-order valence-electron chi connectivity index (χ4n) is 0.813. The van der Waals surface area contributed by atoms with Crippen molar-refractivity contribution >= 4 is 0 Å². The van der Waals surface area contributed by atoms with E-state index in [9.17, 15) is 8.78 Å². The lowest BCUT2D eigenvalue weighted by Crippen LogP contribution is -2.32. The Morgan fingerprint density at radius 1 is 1.67 bits per heavy atom. The Morgan fingerprint density at radius 2 is 2.25 bits per heavy atom. The fraction of sp³-hybridized carbons (Fsp3) is 0.667. The van der Waals surface area contributed by atoms with Gasteiger partial charge < -0.3 is 5.73 Å². The van der Waals surface area contributed by atoms with Crippen molar-refractivity contribution in [2.75, 3.05) is 0 Å². The van der Waals surface area contributed by atoms with Crippen LogP contribution in [0.1, 0.15) is 18.8 Å². The van der Waals surface area contributed by atoms with Crippen LogP contribution >= 0.6 is 0 Å². The molecule has 0 aromatic carbocycles. The van der Waals surface area contributed by atoms with Crippen LogP contribution in [0.2, 0.25) is 0 Å². The number of nitrogens with two attached hydrogens (primary N) is 1. The summed E-state index contributed by atoms with van der Waals surface area (Å²) in [5.74, 6) is -2.89. The van der Waals surface area contributed by atoms with E-state index in [4.69, 9.17) is 5.73 Å². The number of halogens is 2. The summed E-state index contributed by atoms with van der Waals surface area (Å²) in [4.78, 5) is 3.63. The second kappa shape index (κ2) is 2.78. The van der Waals surface area contributed by atoms with Crippen molar-refractivity contribution in [3.8, 4) is 0 Å². The third-order valence-electron chi connectivity index (χ3n) is 1.57. The van der Waals surface area contributed by atoms with Gasteiger partial charge in [-0.25, -0.2) is 13.8 Å². The molecule has 4 nitrogen and oxygen atoms in total. The Bertz CT molecular complexity index is 265. The van der Waals surface area contributed by atoms with Gasteiger partial charge in [-0.15, -0.1) is 0 Å². The van der Waals surface area contributed by atoms with E-state index >= 15 is 0 Å². The van der Waals surface area contributed by atoms with Crippen molar-refractivity contribution in [3.05, 3.63) is 12.2 Å². The lowest BCUT2D eigenvalue weighted by Gasteiger charge is -2.17. The van der Waals surface area contributed by atoms with Gasteiger partial charge in [0.2, 0.25) is 0 Å². The molecule has 1 aromatic rings. The first-order chi connectivity index (χ1) is 5.43. The zero-order valence-electron chi connectivity index (χ0n) is 6.83. The summed E-state index contributed by atoms with van der Waals surface area (Å²) in [7, 11) is 1.52. The van der Waals surface area contributed by atoms with E-state index in [2.05, 4.69) is 10.1 Å². The molecule has 0 amide bonds. The maximum Gasteiger partial charge on any atom is 0.267 e. The minimum atomic E-state index is -2.97. The van der Waals surface area contributed by atoms with E-state index in [-0.39, 0.29) is 5.82 Å². The summed E-state index contributed by atoms with van der Waals surface area (Å²) in [6.45, 7) is 0.756. The fourth-order valence-corrected chi connectivity index (χ4v) is 0.813. The molecule has 0 fully saturated rings. The number of hydrogen-bond acceptors (Lipinski definition) is 3. The van der Waals surface area contributed by atoms with Gasteiger partial charge in [0.25, 0.3) is 5.92 Å². The highest BCUT2D eigenvalue weighted by Gasteiger charge is 2.34. The molecule has 0 aliphatic carbocycles. The first-order valence-corrected chi connectivity index (χ1v) is 3.40. The van der Waals surface area contributed by atoms with Crippen LogP contribution in [-0.4, -0.2) is 20.7 Å². The minimum absolute atomic E-state index is 0.0856.